The van der Waals surface area contributed by atoms with Gasteiger partial charge >= 0.3 is 5.97 Å². The molecule has 0 spiro atoms. The third-order valence-corrected chi connectivity index (χ3v) is 3.93. The van der Waals surface area contributed by atoms with Gasteiger partial charge < -0.3 is 18.4 Å². The zero-order valence-corrected chi connectivity index (χ0v) is 16.1. The minimum Gasteiger partial charge on any atom is -0.489 e. The molecule has 0 fully saturated rings. The Kier molecular flexibility index (Phi) is 8.31. The normalized spacial score (nSPS) is 11.7. The van der Waals surface area contributed by atoms with Crippen molar-refractivity contribution in [3.8, 4) is 11.5 Å². The summed E-state index contributed by atoms with van der Waals surface area (Å²) >= 11 is 1.39. The maximum atomic E-state index is 11.9. The smallest absolute Gasteiger partial charge is 0.338 e. The predicted molar refractivity (Wildman–Crippen MR) is 103 cm³/mol. The van der Waals surface area contributed by atoms with Gasteiger partial charge in [-0.05, 0) is 36.7 Å². The largest absolute Gasteiger partial charge is 0.489 e. The Morgan fingerprint density at radius 2 is 1.85 bits per heavy atom. The van der Waals surface area contributed by atoms with Gasteiger partial charge in [0.15, 0.2) is 0 Å². The molecule has 1 atom stereocenters. The average molecular weight is 376 g/mol. The van der Waals surface area contributed by atoms with Crippen molar-refractivity contribution in [2.75, 3.05) is 19.5 Å². The zero-order chi connectivity index (χ0) is 18.8. The van der Waals surface area contributed by atoms with Crippen molar-refractivity contribution >= 4 is 18.0 Å². The highest BCUT2D eigenvalue weighted by molar-refractivity contribution is 7.94. The van der Waals surface area contributed by atoms with E-state index in [0.717, 1.165) is 11.3 Å². The van der Waals surface area contributed by atoms with E-state index in [2.05, 4.69) is 0 Å². The molecule has 0 saturated carbocycles. The third-order valence-electron chi connectivity index (χ3n) is 3.39. The lowest BCUT2D eigenvalue weighted by Crippen LogP contribution is -2.18. The van der Waals surface area contributed by atoms with Crippen LogP contribution in [0.4, 0.5) is 0 Å². The van der Waals surface area contributed by atoms with E-state index in [-0.39, 0.29) is 6.10 Å². The number of ether oxygens (including phenoxy) is 3. The van der Waals surface area contributed by atoms with Crippen LogP contribution in [0.3, 0.4) is 0 Å². The molecule has 0 heterocycles. The van der Waals surface area contributed by atoms with Crippen molar-refractivity contribution in [3.63, 3.8) is 0 Å². The second-order valence-corrected chi connectivity index (χ2v) is 6.63. The second kappa shape index (κ2) is 10.7. The van der Waals surface area contributed by atoms with Gasteiger partial charge in [0.25, 0.3) is 0 Å². The topological polar surface area (TPSA) is 54.0 Å². The number of rotatable bonds is 10. The van der Waals surface area contributed by atoms with E-state index in [1.165, 1.54) is 19.2 Å². The van der Waals surface area contributed by atoms with Crippen molar-refractivity contribution in [2.24, 2.45) is 0 Å². The molecule has 2 aromatic rings. The van der Waals surface area contributed by atoms with Crippen LogP contribution in [-0.4, -0.2) is 31.5 Å². The van der Waals surface area contributed by atoms with Crippen molar-refractivity contribution in [1.29, 1.82) is 0 Å². The quantitative estimate of drug-likeness (QED) is 0.346. The maximum absolute atomic E-state index is 11.9. The molecule has 0 aliphatic carbocycles. The molecule has 0 unspecified atom stereocenters. The summed E-state index contributed by atoms with van der Waals surface area (Å²) in [5.74, 6) is 1.52. The van der Waals surface area contributed by atoms with Crippen molar-refractivity contribution in [1.82, 2.24) is 0 Å². The van der Waals surface area contributed by atoms with Crippen LogP contribution in [0.15, 0.2) is 48.5 Å². The minimum absolute atomic E-state index is 0.163. The van der Waals surface area contributed by atoms with Crippen LogP contribution >= 0.6 is 12.0 Å². The lowest BCUT2D eigenvalue weighted by atomic mass is 10.2. The molecule has 0 aromatic heterocycles. The Morgan fingerprint density at radius 3 is 2.54 bits per heavy atom. The number of carbonyl (C=O) groups excluding carboxylic acids is 1. The molecule has 0 saturated heterocycles. The lowest BCUT2D eigenvalue weighted by Gasteiger charge is -2.16. The number of methoxy groups -OCH3 is 1. The monoisotopic (exact) mass is 376 g/mol. The van der Waals surface area contributed by atoms with E-state index < -0.39 is 5.97 Å². The summed E-state index contributed by atoms with van der Waals surface area (Å²) in [6.07, 6.45) is -0.163. The number of hydrogen-bond acceptors (Lipinski definition) is 6. The molecule has 0 aliphatic rings. The molecule has 2 rings (SSSR count). The van der Waals surface area contributed by atoms with Crippen molar-refractivity contribution in [2.45, 2.75) is 26.6 Å². The first-order valence-corrected chi connectivity index (χ1v) is 9.34. The van der Waals surface area contributed by atoms with E-state index >= 15 is 0 Å². The summed E-state index contributed by atoms with van der Waals surface area (Å²) in [5, 5.41) is 0. The van der Waals surface area contributed by atoms with Gasteiger partial charge in [-0.15, -0.1) is 0 Å². The molecule has 0 N–H and O–H groups in total. The van der Waals surface area contributed by atoms with Crippen LogP contribution in [0.1, 0.15) is 29.8 Å². The third kappa shape index (κ3) is 6.61. The van der Waals surface area contributed by atoms with Gasteiger partial charge in [-0.25, -0.2) is 4.79 Å². The zero-order valence-electron chi connectivity index (χ0n) is 15.3. The molecule has 5 nitrogen and oxygen atoms in total. The Morgan fingerprint density at radius 1 is 1.12 bits per heavy atom. The average Bonchev–Trinajstić information content (AvgIpc) is 2.66. The summed E-state index contributed by atoms with van der Waals surface area (Å²) < 4.78 is 21.9. The first-order valence-electron chi connectivity index (χ1n) is 8.43. The highest BCUT2D eigenvalue weighted by Crippen LogP contribution is 2.25. The van der Waals surface area contributed by atoms with Gasteiger partial charge in [-0.3, -0.25) is 0 Å². The molecular formula is C20H24O5S. The fourth-order valence-corrected chi connectivity index (χ4v) is 2.65. The highest BCUT2D eigenvalue weighted by atomic mass is 32.2. The predicted octanol–water partition coefficient (Wildman–Crippen LogP) is 4.50. The Labute approximate surface area is 158 Å². The second-order valence-electron chi connectivity index (χ2n) is 5.58. The Bertz CT molecular complexity index is 690. The van der Waals surface area contributed by atoms with Gasteiger partial charge in [0.2, 0.25) is 0 Å². The molecule has 0 aliphatic heterocycles. The van der Waals surface area contributed by atoms with Crippen LogP contribution < -0.4 is 9.47 Å². The number of carbonyl (C=O) groups is 1. The van der Waals surface area contributed by atoms with Gasteiger partial charge in [0, 0.05) is 11.8 Å². The molecule has 0 amide bonds. The van der Waals surface area contributed by atoms with Crippen LogP contribution in [-0.2, 0) is 15.5 Å². The summed E-state index contributed by atoms with van der Waals surface area (Å²) in [7, 11) is 1.35. The van der Waals surface area contributed by atoms with Gasteiger partial charge in [0.1, 0.15) is 24.2 Å². The van der Waals surface area contributed by atoms with Crippen molar-refractivity contribution < 1.29 is 23.2 Å². The van der Waals surface area contributed by atoms with E-state index in [0.29, 0.717) is 30.3 Å². The summed E-state index contributed by atoms with van der Waals surface area (Å²) in [5.41, 5.74) is 1.42. The molecule has 0 radical (unpaired) electrons. The first kappa shape index (κ1) is 20.1. The van der Waals surface area contributed by atoms with Crippen LogP contribution in [0.5, 0.6) is 11.5 Å². The van der Waals surface area contributed by atoms with Gasteiger partial charge in [-0.1, -0.05) is 37.3 Å². The number of hydrogen-bond donors (Lipinski definition) is 0. The van der Waals surface area contributed by atoms with Gasteiger partial charge in [0.05, 0.1) is 19.3 Å². The number of esters is 1. The van der Waals surface area contributed by atoms with E-state index in [1.54, 1.807) is 18.2 Å². The van der Waals surface area contributed by atoms with Crippen LogP contribution in [0.2, 0.25) is 0 Å². The molecule has 140 valence electrons. The molecule has 2 aromatic carbocycles. The highest BCUT2D eigenvalue weighted by Gasteiger charge is 2.13. The van der Waals surface area contributed by atoms with Crippen LogP contribution in [0, 0.1) is 0 Å². The number of benzene rings is 2. The first-order chi connectivity index (χ1) is 12.6. The summed E-state index contributed by atoms with van der Waals surface area (Å²) in [4.78, 5) is 11.9. The molecule has 6 heteroatoms. The Hall–Kier alpha value is -2.18. The molecule has 26 heavy (non-hydrogen) atoms. The summed E-state index contributed by atoms with van der Waals surface area (Å²) in [6, 6.07) is 14.9. The minimum atomic E-state index is -0.439. The fraction of sp³-hybridized carbons (Fsp3) is 0.350. The molecule has 0 bridgehead atoms. The van der Waals surface area contributed by atoms with Crippen molar-refractivity contribution in [3.05, 3.63) is 59.7 Å². The molecular weight excluding hydrogens is 352 g/mol. The summed E-state index contributed by atoms with van der Waals surface area (Å²) in [6.45, 7) is 4.77. The van der Waals surface area contributed by atoms with E-state index in [1.807, 2.05) is 44.2 Å². The van der Waals surface area contributed by atoms with Gasteiger partial charge in [-0.2, -0.15) is 0 Å². The SMILES string of the molecule is CCSOC[C@H](C)Oc1cc(OCc2ccccc2)cc(C(=O)OC)c1. The maximum Gasteiger partial charge on any atom is 0.338 e. The lowest BCUT2D eigenvalue weighted by molar-refractivity contribution is 0.0599. The van der Waals surface area contributed by atoms with E-state index in [4.69, 9.17) is 18.4 Å². The Balaban J connectivity index is 2.09. The standard InChI is InChI=1S/C20H24O5S/c1-4-26-24-13-15(2)25-19-11-17(20(21)22-3)10-18(12-19)23-14-16-8-6-5-7-9-16/h5-12,15H,4,13-14H2,1-3H3/t15-/m0/s1. The van der Waals surface area contributed by atoms with Crippen LogP contribution in [0.25, 0.3) is 0 Å². The van der Waals surface area contributed by atoms with E-state index in [9.17, 15) is 4.79 Å². The fourth-order valence-electron chi connectivity index (χ4n) is 2.19.